The van der Waals surface area contributed by atoms with Crippen LogP contribution in [0, 0.1) is 11.8 Å². The summed E-state index contributed by atoms with van der Waals surface area (Å²) in [5.41, 5.74) is 3.22. The number of hydrogen-bond acceptors (Lipinski definition) is 6. The van der Waals surface area contributed by atoms with Crippen LogP contribution in [0.5, 0.6) is 11.8 Å². The molecule has 36 heavy (non-hydrogen) atoms. The predicted octanol–water partition coefficient (Wildman–Crippen LogP) is 5.67. The molecule has 0 unspecified atom stereocenters. The minimum absolute atomic E-state index is 0.241. The number of aromatic hydroxyl groups is 2. The van der Waals surface area contributed by atoms with E-state index in [0.29, 0.717) is 29.5 Å². The fraction of sp³-hybridized carbons (Fsp3) is 0.552. The van der Waals surface area contributed by atoms with Gasteiger partial charge in [0.05, 0.1) is 4.70 Å². The Morgan fingerprint density at radius 2 is 1.67 bits per heavy atom. The second-order valence-electron chi connectivity index (χ2n) is 11.5. The average molecular weight is 505 g/mol. The Morgan fingerprint density at radius 3 is 2.47 bits per heavy atom. The third-order valence-corrected chi connectivity index (χ3v) is 10.4. The first-order chi connectivity index (χ1) is 17.6. The van der Waals surface area contributed by atoms with Gasteiger partial charge in [-0.05, 0) is 67.1 Å². The maximum absolute atomic E-state index is 11.1. The van der Waals surface area contributed by atoms with Gasteiger partial charge in [0.15, 0.2) is 11.8 Å². The van der Waals surface area contributed by atoms with E-state index in [1.807, 2.05) is 4.57 Å². The molecule has 1 aromatic carbocycles. The number of nitrogens with zero attached hydrogens (tertiary/aromatic N) is 4. The Labute approximate surface area is 217 Å². The third-order valence-electron chi connectivity index (χ3n) is 9.57. The zero-order valence-electron chi connectivity index (χ0n) is 20.9. The predicted molar refractivity (Wildman–Crippen MR) is 145 cm³/mol. The number of benzene rings is 1. The Hall–Kier alpha value is -2.51. The molecule has 4 aliphatic rings. The largest absolute Gasteiger partial charge is 0.494 e. The molecule has 3 aliphatic carbocycles. The molecule has 7 heteroatoms. The van der Waals surface area contributed by atoms with E-state index in [4.69, 9.17) is 4.37 Å². The molecular weight excluding hydrogens is 468 g/mol. The molecule has 1 aliphatic heterocycles. The molecule has 190 valence electrons. The molecule has 6 nitrogen and oxygen atoms in total. The Bertz CT molecular complexity index is 1300. The van der Waals surface area contributed by atoms with E-state index in [1.165, 1.54) is 41.3 Å². The van der Waals surface area contributed by atoms with Gasteiger partial charge in [0, 0.05) is 61.7 Å². The summed E-state index contributed by atoms with van der Waals surface area (Å²) in [5, 5.41) is 23.5. The normalized spacial score (nSPS) is 28.3. The van der Waals surface area contributed by atoms with Gasteiger partial charge in [0.25, 0.3) is 0 Å². The lowest BCUT2D eigenvalue weighted by Gasteiger charge is -2.40. The average Bonchev–Trinajstić information content (AvgIpc) is 3.64. The van der Waals surface area contributed by atoms with Crippen molar-refractivity contribution in [3.8, 4) is 11.8 Å². The maximum atomic E-state index is 11.1. The van der Waals surface area contributed by atoms with Gasteiger partial charge in [-0.15, -0.1) is 0 Å². The molecular formula is C29H36N4O2S. The van der Waals surface area contributed by atoms with E-state index in [1.54, 1.807) is 11.5 Å². The van der Waals surface area contributed by atoms with Gasteiger partial charge in [-0.1, -0.05) is 37.1 Å². The van der Waals surface area contributed by atoms with Gasteiger partial charge in [-0.2, -0.15) is 4.37 Å². The highest BCUT2D eigenvalue weighted by molar-refractivity contribution is 7.13. The van der Waals surface area contributed by atoms with Crippen LogP contribution in [-0.4, -0.2) is 56.8 Å². The lowest BCUT2D eigenvalue weighted by molar-refractivity contribution is 0.130. The van der Waals surface area contributed by atoms with Crippen LogP contribution in [0.3, 0.4) is 0 Å². The third kappa shape index (κ3) is 3.58. The van der Waals surface area contributed by atoms with Crippen LogP contribution in [0.2, 0.25) is 0 Å². The van der Waals surface area contributed by atoms with Crippen LogP contribution in [-0.2, 0) is 6.54 Å². The van der Waals surface area contributed by atoms with Crippen LogP contribution in [0.15, 0.2) is 36.4 Å². The second kappa shape index (κ2) is 8.80. The summed E-state index contributed by atoms with van der Waals surface area (Å²) in [6.07, 6.45) is 6.93. The van der Waals surface area contributed by atoms with E-state index < -0.39 is 0 Å². The Morgan fingerprint density at radius 1 is 0.944 bits per heavy atom. The molecule has 3 aromatic rings. The quantitative estimate of drug-likeness (QED) is 0.439. The number of aromatic nitrogens is 2. The minimum Gasteiger partial charge on any atom is -0.494 e. The van der Waals surface area contributed by atoms with Gasteiger partial charge in [0.2, 0.25) is 0 Å². The van der Waals surface area contributed by atoms with E-state index in [-0.39, 0.29) is 5.92 Å². The number of hydrogen-bond donors (Lipinski definition) is 2. The molecule has 7 rings (SSSR count). The number of allylic oxidation sites excluding steroid dienone is 1. The molecule has 3 fully saturated rings. The lowest BCUT2D eigenvalue weighted by atomic mass is 9.78. The summed E-state index contributed by atoms with van der Waals surface area (Å²) >= 11 is 1.60. The van der Waals surface area contributed by atoms with E-state index >= 15 is 0 Å². The molecule has 2 N–H and O–H groups in total. The van der Waals surface area contributed by atoms with Crippen molar-refractivity contribution in [2.75, 3.05) is 37.6 Å². The van der Waals surface area contributed by atoms with Crippen LogP contribution in [0.1, 0.15) is 61.5 Å². The number of anilines is 1. The first kappa shape index (κ1) is 22.7. The summed E-state index contributed by atoms with van der Waals surface area (Å²) in [6, 6.07) is 8.54. The maximum Gasteiger partial charge on any atom is 0.198 e. The molecule has 0 amide bonds. The first-order valence-corrected chi connectivity index (χ1v) is 14.5. The lowest BCUT2D eigenvalue weighted by Crippen LogP contribution is -2.49. The number of fused-ring (bicyclic) bond motifs is 6. The van der Waals surface area contributed by atoms with E-state index in [2.05, 4.69) is 40.6 Å². The van der Waals surface area contributed by atoms with Gasteiger partial charge in [-0.25, -0.2) is 0 Å². The van der Waals surface area contributed by atoms with Gasteiger partial charge in [0.1, 0.15) is 5.82 Å². The Balaban J connectivity index is 1.03. The SMILES string of the molecule is C=C1C[C@@H]2C[C@H]1c1c2c(O)n(C[C@@H]2CCCC[C@H]2CN2CCN(c3nsc4ccccc34)CC2)c1O. The van der Waals surface area contributed by atoms with Crippen molar-refractivity contribution < 1.29 is 10.2 Å². The highest BCUT2D eigenvalue weighted by Crippen LogP contribution is 2.61. The molecule has 2 aromatic heterocycles. The van der Waals surface area contributed by atoms with Gasteiger partial charge < -0.3 is 15.1 Å². The fourth-order valence-corrected chi connectivity index (χ4v) is 8.46. The van der Waals surface area contributed by atoms with Crippen molar-refractivity contribution in [2.45, 2.75) is 56.9 Å². The van der Waals surface area contributed by atoms with E-state index in [9.17, 15) is 10.2 Å². The fourth-order valence-electron chi connectivity index (χ4n) is 7.66. The standard InChI is InChI=1S/C29H36N4O2S/c1-18-14-21-15-23(18)26-25(21)28(34)33(29(26)35)17-20-7-3-2-6-19(20)16-31-10-12-32(13-11-31)27-22-8-4-5-9-24(22)36-30-27/h4-5,8-9,19-21,23,34-35H,1-3,6-7,10-17H2/t19-,20-,21+,23+/m0/s1. The van der Waals surface area contributed by atoms with Crippen LogP contribution in [0.4, 0.5) is 5.82 Å². The van der Waals surface area contributed by atoms with Crippen molar-refractivity contribution in [3.05, 3.63) is 47.5 Å². The highest BCUT2D eigenvalue weighted by Gasteiger charge is 2.46. The zero-order valence-corrected chi connectivity index (χ0v) is 21.7. The molecule has 1 saturated heterocycles. The monoisotopic (exact) mass is 504 g/mol. The summed E-state index contributed by atoms with van der Waals surface area (Å²) < 4.78 is 7.88. The van der Waals surface area contributed by atoms with Crippen molar-refractivity contribution in [1.82, 2.24) is 13.8 Å². The molecule has 0 spiro atoms. The van der Waals surface area contributed by atoms with Crippen LogP contribution in [0.25, 0.3) is 10.1 Å². The van der Waals surface area contributed by atoms with Crippen molar-refractivity contribution >= 4 is 27.4 Å². The van der Waals surface area contributed by atoms with Crippen molar-refractivity contribution in [1.29, 1.82) is 0 Å². The van der Waals surface area contributed by atoms with E-state index in [0.717, 1.165) is 69.1 Å². The van der Waals surface area contributed by atoms with Crippen LogP contribution < -0.4 is 4.90 Å². The Kier molecular flexibility index (Phi) is 5.54. The summed E-state index contributed by atoms with van der Waals surface area (Å²) in [7, 11) is 0. The minimum atomic E-state index is 0.241. The number of rotatable bonds is 5. The van der Waals surface area contributed by atoms with Crippen molar-refractivity contribution in [2.24, 2.45) is 11.8 Å². The summed E-state index contributed by atoms with van der Waals surface area (Å²) in [4.78, 5) is 5.08. The molecule has 2 saturated carbocycles. The van der Waals surface area contributed by atoms with Crippen LogP contribution >= 0.6 is 11.5 Å². The number of piperazine rings is 1. The summed E-state index contributed by atoms with van der Waals surface area (Å²) in [6.45, 7) is 10.2. The van der Waals surface area contributed by atoms with Gasteiger partial charge in [-0.3, -0.25) is 9.47 Å². The van der Waals surface area contributed by atoms with Gasteiger partial charge >= 0.3 is 0 Å². The topological polar surface area (TPSA) is 64.8 Å². The molecule has 3 heterocycles. The molecule has 0 radical (unpaired) electrons. The second-order valence-corrected chi connectivity index (χ2v) is 12.3. The molecule has 2 bridgehead atoms. The highest BCUT2D eigenvalue weighted by atomic mass is 32.1. The first-order valence-electron chi connectivity index (χ1n) is 13.7. The summed E-state index contributed by atoms with van der Waals surface area (Å²) in [5.74, 6) is 3.47. The molecule has 4 atom stereocenters. The van der Waals surface area contributed by atoms with Crippen molar-refractivity contribution in [3.63, 3.8) is 0 Å². The zero-order chi connectivity index (χ0) is 24.4. The smallest absolute Gasteiger partial charge is 0.198 e.